The summed E-state index contributed by atoms with van der Waals surface area (Å²) < 4.78 is 6.01. The Hall–Kier alpha value is -2.74. The quantitative estimate of drug-likeness (QED) is 0.677. The molecule has 3 aromatic carbocycles. The van der Waals surface area contributed by atoms with E-state index in [9.17, 15) is 0 Å². The van der Waals surface area contributed by atoms with Crippen molar-refractivity contribution in [2.24, 2.45) is 0 Å². The molecule has 0 spiro atoms. The van der Waals surface area contributed by atoms with Crippen LogP contribution >= 0.6 is 0 Å². The number of hydrogen-bond donors (Lipinski definition) is 1. The molecule has 0 amide bonds. The Morgan fingerprint density at radius 3 is 2.26 bits per heavy atom. The zero-order chi connectivity index (χ0) is 15.9. The number of ether oxygens (including phenoxy) is 1. The minimum absolute atomic E-state index is 0.586. The number of hydrogen-bond acceptors (Lipinski definition) is 2. The van der Waals surface area contributed by atoms with Crippen molar-refractivity contribution in [2.45, 2.75) is 20.1 Å². The van der Waals surface area contributed by atoms with Crippen LogP contribution in [0.5, 0.6) is 5.75 Å². The largest absolute Gasteiger partial charge is 0.489 e. The van der Waals surface area contributed by atoms with Gasteiger partial charge in [-0.15, -0.1) is 0 Å². The van der Waals surface area contributed by atoms with Gasteiger partial charge >= 0.3 is 0 Å². The van der Waals surface area contributed by atoms with E-state index in [1.54, 1.807) is 0 Å². The summed E-state index contributed by atoms with van der Waals surface area (Å²) in [6.45, 7) is 3.42. The number of benzene rings is 3. The van der Waals surface area contributed by atoms with E-state index in [1.165, 1.54) is 11.1 Å². The Balaban J connectivity index is 1.64. The van der Waals surface area contributed by atoms with Crippen molar-refractivity contribution in [2.75, 3.05) is 5.32 Å². The third-order valence-corrected chi connectivity index (χ3v) is 3.74. The van der Waals surface area contributed by atoms with Crippen LogP contribution < -0.4 is 10.1 Å². The lowest BCUT2D eigenvalue weighted by molar-refractivity contribution is 0.303. The molecule has 0 unspecified atom stereocenters. The van der Waals surface area contributed by atoms with Crippen LogP contribution in [-0.4, -0.2) is 0 Å². The van der Waals surface area contributed by atoms with Crippen LogP contribution in [0.15, 0.2) is 78.9 Å². The summed E-state index contributed by atoms with van der Waals surface area (Å²) in [4.78, 5) is 0. The first-order valence-corrected chi connectivity index (χ1v) is 7.86. The molecule has 0 aliphatic carbocycles. The predicted octanol–water partition coefficient (Wildman–Crippen LogP) is 5.19. The van der Waals surface area contributed by atoms with Crippen molar-refractivity contribution in [1.82, 2.24) is 0 Å². The first-order valence-electron chi connectivity index (χ1n) is 7.86. The highest BCUT2D eigenvalue weighted by Gasteiger charge is 2.03. The van der Waals surface area contributed by atoms with E-state index >= 15 is 0 Å². The minimum Gasteiger partial charge on any atom is -0.489 e. The topological polar surface area (TPSA) is 21.3 Å². The smallest absolute Gasteiger partial charge is 0.124 e. The Kier molecular flexibility index (Phi) is 4.95. The Labute approximate surface area is 137 Å². The van der Waals surface area contributed by atoms with Crippen molar-refractivity contribution in [1.29, 1.82) is 0 Å². The van der Waals surface area contributed by atoms with Gasteiger partial charge in [-0.05, 0) is 30.7 Å². The normalized spacial score (nSPS) is 10.3. The predicted molar refractivity (Wildman–Crippen MR) is 95.7 cm³/mol. The molecule has 116 valence electrons. The van der Waals surface area contributed by atoms with Gasteiger partial charge in [-0.1, -0.05) is 66.2 Å². The van der Waals surface area contributed by atoms with E-state index < -0.39 is 0 Å². The van der Waals surface area contributed by atoms with Gasteiger partial charge in [0.25, 0.3) is 0 Å². The van der Waals surface area contributed by atoms with Crippen molar-refractivity contribution >= 4 is 5.69 Å². The first kappa shape index (κ1) is 15.2. The van der Waals surface area contributed by atoms with Crippen molar-refractivity contribution < 1.29 is 4.74 Å². The standard InChI is InChI=1S/C21H21NO/c1-17-11-13-18(14-12-17)16-23-21-10-6-5-7-19(21)15-22-20-8-3-2-4-9-20/h2-14,22H,15-16H2,1H3. The molecule has 23 heavy (non-hydrogen) atoms. The van der Waals surface area contributed by atoms with Gasteiger partial charge < -0.3 is 10.1 Å². The molecular formula is C21H21NO. The molecule has 2 heteroatoms. The molecule has 0 saturated heterocycles. The van der Waals surface area contributed by atoms with Crippen LogP contribution in [0.25, 0.3) is 0 Å². The molecule has 0 fully saturated rings. The van der Waals surface area contributed by atoms with Gasteiger partial charge in [-0.3, -0.25) is 0 Å². The summed E-state index contributed by atoms with van der Waals surface area (Å²) in [6.07, 6.45) is 0. The lowest BCUT2D eigenvalue weighted by Gasteiger charge is -2.13. The molecule has 3 rings (SSSR count). The molecule has 0 heterocycles. The summed E-state index contributed by atoms with van der Waals surface area (Å²) in [5.74, 6) is 0.927. The zero-order valence-electron chi connectivity index (χ0n) is 13.3. The van der Waals surface area contributed by atoms with Gasteiger partial charge in [0.2, 0.25) is 0 Å². The van der Waals surface area contributed by atoms with Gasteiger partial charge in [0.05, 0.1) is 0 Å². The van der Waals surface area contributed by atoms with Gasteiger partial charge in [0.1, 0.15) is 12.4 Å². The summed E-state index contributed by atoms with van der Waals surface area (Å²) in [7, 11) is 0. The van der Waals surface area contributed by atoms with E-state index in [1.807, 2.05) is 36.4 Å². The summed E-state index contributed by atoms with van der Waals surface area (Å²) in [6, 6.07) is 26.8. The van der Waals surface area contributed by atoms with Crippen molar-refractivity contribution in [3.8, 4) is 5.75 Å². The average Bonchev–Trinajstić information content (AvgIpc) is 2.61. The molecule has 0 atom stereocenters. The van der Waals surface area contributed by atoms with Crippen molar-refractivity contribution in [3.63, 3.8) is 0 Å². The van der Waals surface area contributed by atoms with Crippen LogP contribution in [0.4, 0.5) is 5.69 Å². The molecular weight excluding hydrogens is 282 g/mol. The monoisotopic (exact) mass is 303 g/mol. The van der Waals surface area contributed by atoms with Gasteiger partial charge in [0.15, 0.2) is 0 Å². The van der Waals surface area contributed by atoms with Crippen LogP contribution in [0.3, 0.4) is 0 Å². The van der Waals surface area contributed by atoms with Crippen LogP contribution in [0.1, 0.15) is 16.7 Å². The molecule has 1 N–H and O–H groups in total. The van der Waals surface area contributed by atoms with Crippen LogP contribution in [-0.2, 0) is 13.2 Å². The number of para-hydroxylation sites is 2. The third kappa shape index (κ3) is 4.36. The highest BCUT2D eigenvalue weighted by atomic mass is 16.5. The Morgan fingerprint density at radius 1 is 0.783 bits per heavy atom. The number of anilines is 1. The molecule has 0 aromatic heterocycles. The third-order valence-electron chi connectivity index (χ3n) is 3.74. The molecule has 0 bridgehead atoms. The number of aryl methyl sites for hydroxylation is 1. The fourth-order valence-corrected chi connectivity index (χ4v) is 2.39. The van der Waals surface area contributed by atoms with E-state index in [-0.39, 0.29) is 0 Å². The maximum atomic E-state index is 6.01. The summed E-state index contributed by atoms with van der Waals surface area (Å²) >= 11 is 0. The molecule has 0 saturated carbocycles. The minimum atomic E-state index is 0.586. The SMILES string of the molecule is Cc1ccc(COc2ccccc2CNc2ccccc2)cc1. The van der Waals surface area contributed by atoms with Gasteiger partial charge in [-0.2, -0.15) is 0 Å². The maximum Gasteiger partial charge on any atom is 0.124 e. The molecule has 2 nitrogen and oxygen atoms in total. The van der Waals surface area contributed by atoms with Gasteiger partial charge in [-0.25, -0.2) is 0 Å². The summed E-state index contributed by atoms with van der Waals surface area (Å²) in [5.41, 5.74) is 4.71. The first-order chi connectivity index (χ1) is 11.3. The second-order valence-electron chi connectivity index (χ2n) is 5.60. The molecule has 0 aliphatic rings. The van der Waals surface area contributed by atoms with Gasteiger partial charge in [0, 0.05) is 17.8 Å². The van der Waals surface area contributed by atoms with E-state index in [0.29, 0.717) is 6.61 Å². The van der Waals surface area contributed by atoms with Crippen LogP contribution in [0, 0.1) is 6.92 Å². The molecule has 3 aromatic rings. The van der Waals surface area contributed by atoms with E-state index in [4.69, 9.17) is 4.74 Å². The second-order valence-corrected chi connectivity index (χ2v) is 5.60. The zero-order valence-corrected chi connectivity index (χ0v) is 13.3. The Morgan fingerprint density at radius 2 is 1.48 bits per heavy atom. The lowest BCUT2D eigenvalue weighted by Crippen LogP contribution is -2.03. The second kappa shape index (κ2) is 7.50. The maximum absolute atomic E-state index is 6.01. The van der Waals surface area contributed by atoms with Crippen molar-refractivity contribution in [3.05, 3.63) is 95.6 Å². The van der Waals surface area contributed by atoms with E-state index in [0.717, 1.165) is 23.5 Å². The lowest BCUT2D eigenvalue weighted by atomic mass is 10.1. The van der Waals surface area contributed by atoms with Crippen LogP contribution in [0.2, 0.25) is 0 Å². The highest BCUT2D eigenvalue weighted by Crippen LogP contribution is 2.21. The number of nitrogens with one attached hydrogen (secondary N) is 1. The molecule has 0 radical (unpaired) electrons. The summed E-state index contributed by atoms with van der Waals surface area (Å²) in [5, 5.41) is 3.43. The average molecular weight is 303 g/mol. The molecule has 0 aliphatic heterocycles. The Bertz CT molecular complexity index is 735. The number of rotatable bonds is 6. The fourth-order valence-electron chi connectivity index (χ4n) is 2.39. The van der Waals surface area contributed by atoms with E-state index in [2.05, 4.69) is 54.7 Å². The fraction of sp³-hybridized carbons (Fsp3) is 0.143. The highest BCUT2D eigenvalue weighted by molar-refractivity contribution is 5.45.